The first kappa shape index (κ1) is 97.7. The van der Waals surface area contributed by atoms with Crippen molar-refractivity contribution in [3.05, 3.63) is 154 Å². The van der Waals surface area contributed by atoms with Crippen LogP contribution in [0.3, 0.4) is 0 Å². The van der Waals surface area contributed by atoms with Crippen LogP contribution in [0.2, 0.25) is 0 Å². The van der Waals surface area contributed by atoms with E-state index in [9.17, 15) is 43.5 Å². The molecule has 700 valence electrons. The number of oxazole rings is 1. The molecule has 1 aliphatic carbocycles. The van der Waals surface area contributed by atoms with Gasteiger partial charge in [0.2, 0.25) is 23.6 Å². The van der Waals surface area contributed by atoms with Gasteiger partial charge in [0.1, 0.15) is 59.4 Å². The first-order chi connectivity index (χ1) is 62.9. The molecule has 9 heterocycles. The van der Waals surface area contributed by atoms with Gasteiger partial charge in [0, 0.05) is 140 Å². The number of cyclic esters (lactones) is 1. The van der Waals surface area contributed by atoms with Gasteiger partial charge < -0.3 is 94.4 Å². The van der Waals surface area contributed by atoms with Crippen LogP contribution in [0.1, 0.15) is 188 Å². The molecule has 35 heteroatoms. The van der Waals surface area contributed by atoms with Crippen LogP contribution in [-0.2, 0) is 92.7 Å². The van der Waals surface area contributed by atoms with E-state index in [1.165, 1.54) is 29.2 Å². The molecule has 4 aromatic heterocycles. The van der Waals surface area contributed by atoms with Gasteiger partial charge in [0.25, 0.3) is 17.8 Å². The molecule has 5 aliphatic heterocycles. The summed E-state index contributed by atoms with van der Waals surface area (Å²) in [5, 5.41) is 29.2. The van der Waals surface area contributed by atoms with E-state index in [1.54, 1.807) is 57.6 Å². The number of esters is 1. The second-order valence-corrected chi connectivity index (χ2v) is 34.6. The summed E-state index contributed by atoms with van der Waals surface area (Å²) in [5.74, 6) is -1.91. The van der Waals surface area contributed by atoms with Crippen molar-refractivity contribution in [1.29, 1.82) is 5.41 Å². The first-order valence-corrected chi connectivity index (χ1v) is 45.7. The first-order valence-electron chi connectivity index (χ1n) is 45.7. The number of allylic oxidation sites excluding steroid dienone is 6. The van der Waals surface area contributed by atoms with Crippen LogP contribution in [0.25, 0.3) is 11.1 Å². The van der Waals surface area contributed by atoms with Crippen LogP contribution in [0.5, 0.6) is 0 Å². The van der Waals surface area contributed by atoms with E-state index in [0.29, 0.717) is 219 Å². The molecular weight excluding hydrogens is 1670 g/mol. The fourth-order valence-electron chi connectivity index (χ4n) is 17.3. The Morgan fingerprint density at radius 3 is 2.10 bits per heavy atom. The number of ketones is 3. The number of alkyl carbamates (subject to hydrolysis) is 1. The summed E-state index contributed by atoms with van der Waals surface area (Å²) in [4.78, 5) is 148. The Bertz CT molecular complexity index is 4950. The van der Waals surface area contributed by atoms with Gasteiger partial charge in [-0.15, -0.1) is 0 Å². The summed E-state index contributed by atoms with van der Waals surface area (Å²) in [5.41, 5.74) is 19.8. The number of nitrogens with two attached hydrogens (primary N) is 2. The number of piperazine rings is 1. The molecule has 12 rings (SSSR count). The third-order valence-corrected chi connectivity index (χ3v) is 25.0. The number of nitrogen functional groups attached to an aromatic ring is 2. The maximum Gasteiger partial charge on any atom is 0.407 e. The van der Waals surface area contributed by atoms with Crippen LogP contribution in [0.4, 0.5) is 34.3 Å². The molecule has 9 atom stereocenters. The summed E-state index contributed by atoms with van der Waals surface area (Å²) in [6.07, 6.45) is 23.3. The quantitative estimate of drug-likeness (QED) is 0.00724. The second-order valence-electron chi connectivity index (χ2n) is 34.6. The van der Waals surface area contributed by atoms with Crippen molar-refractivity contribution in [2.75, 3.05) is 132 Å². The highest BCUT2D eigenvalue weighted by Gasteiger charge is 2.42. The SMILES string of the molecule is CO[C@H]1CC2CCCC(O2)C(=O)C(=O)N2CCCC[C@H]2C(=O)O[C@H](CCC2CCC(OC(=O)NCc3cnc(N4CCN(c5ncc(C(=O)NCCOCCOCCOCCOCCC(=O)N6CCc7cc(CNc8ncnc(N)c8C(=N)c8ccc9oc(N)nc9c8)ccc7C6)cn5)CC4)nc3)CC2)CC(=O)[C@H](C)/C=C(\C)[C@@H](O)CC(=O)[C@H](C)C[C@H](C)/C=C/C=CC=C1C. The van der Waals surface area contributed by atoms with Crippen molar-refractivity contribution in [2.24, 2.45) is 23.7 Å². The number of methoxy groups -OCH3 is 1. The van der Waals surface area contributed by atoms with Crippen molar-refractivity contribution in [1.82, 2.24) is 55.3 Å². The molecule has 2 unspecified atom stereocenters. The number of Topliss-reactive ketones (excluding diaryl/α,β-unsaturated/α-hetero) is 3. The number of aliphatic hydroxyl groups is 1. The van der Waals surface area contributed by atoms with Gasteiger partial charge in [-0.3, -0.25) is 34.2 Å². The van der Waals surface area contributed by atoms with Gasteiger partial charge in [-0.1, -0.05) is 75.4 Å². The molecule has 0 spiro atoms. The standard InChI is InChI=1S/C95H127N17O18/c1-60-13-8-7-9-14-61(2)82(122-6)50-73-15-12-17-81(127-73)86(117)90(119)112-31-11-10-16-76(112)91(120)128-74(49-77(113)63(4)46-64(5)79(115)51-78(114)62(3)45-60)26-21-65-19-24-72(25-20-65)129-95(121)105-55-67-53-101-93(102-54-67)109-33-35-110(36-34-109)94-103-56-71(57-104-94)89(118)99-30-38-124-40-42-126-44-43-125-41-39-123-37-29-83(116)111-32-28-68-47-66(18-22-70(68)58-111)52-100-88-84(87(97)106-59-107-88)85(96)69-23-27-80-75(48-69)108-92(98)130-80/h7-9,13-14,18,22-23,27,46-48,53-54,56-57,59-60,62-63,65,72-74,76,79,81-82,96,115H,10-12,15-17,19-21,24-26,28-45,49-52,55,58H2,1-6H3,(H2,98,108)(H,99,118)(H,105,121)(H3,97,100,106,107)/b9-7?,13-8+,61-14?,64-46+,96-85?/t60-,62-,63-,65?,72?,73?,74-,76+,79+,81?,82+/m1/s1. The Hall–Kier alpha value is -11.3. The molecule has 2 aromatic carbocycles. The molecule has 3 saturated heterocycles. The molecule has 4 amide bonds. The van der Waals surface area contributed by atoms with Crippen molar-refractivity contribution < 1.29 is 85.8 Å². The Balaban J connectivity index is 0.493. The number of nitrogens with one attached hydrogen (secondary N) is 4. The highest BCUT2D eigenvalue weighted by molar-refractivity contribution is 6.38. The average molecular weight is 1800 g/mol. The molecule has 9 N–H and O–H groups in total. The molecule has 35 nitrogen and oxygen atoms in total. The Labute approximate surface area is 758 Å². The highest BCUT2D eigenvalue weighted by atomic mass is 16.6. The summed E-state index contributed by atoms with van der Waals surface area (Å²) in [7, 11) is 1.63. The zero-order chi connectivity index (χ0) is 92.0. The van der Waals surface area contributed by atoms with Gasteiger partial charge in [-0.05, 0) is 162 Å². The summed E-state index contributed by atoms with van der Waals surface area (Å²) >= 11 is 0. The Morgan fingerprint density at radius 1 is 0.669 bits per heavy atom. The normalized spacial score (nSPS) is 23.9. The monoisotopic (exact) mass is 1790 g/mol. The van der Waals surface area contributed by atoms with Crippen molar-refractivity contribution in [2.45, 2.75) is 212 Å². The summed E-state index contributed by atoms with van der Waals surface area (Å²) in [6.45, 7) is 16.5. The molecular formula is C95H127N17O18. The Kier molecular flexibility index (Phi) is 36.9. The molecule has 6 aromatic rings. The lowest BCUT2D eigenvalue weighted by molar-refractivity contribution is -0.167. The fourth-order valence-corrected chi connectivity index (χ4v) is 17.3. The number of piperidine rings is 1. The van der Waals surface area contributed by atoms with E-state index in [0.717, 1.165) is 29.5 Å². The number of fused-ring (bicyclic) bond motifs is 5. The van der Waals surface area contributed by atoms with Crippen LogP contribution in [-0.4, -0.2) is 251 Å². The zero-order valence-corrected chi connectivity index (χ0v) is 75.6. The molecule has 1 saturated carbocycles. The van der Waals surface area contributed by atoms with Gasteiger partial charge >= 0.3 is 12.1 Å². The van der Waals surface area contributed by atoms with E-state index in [4.69, 9.17) is 59.2 Å². The van der Waals surface area contributed by atoms with Crippen LogP contribution >= 0.6 is 0 Å². The third-order valence-electron chi connectivity index (χ3n) is 25.0. The van der Waals surface area contributed by atoms with Crippen LogP contribution < -0.4 is 37.2 Å². The number of carbonyl (C=O) groups excluding carboxylic acids is 8. The zero-order valence-electron chi connectivity index (χ0n) is 75.6. The number of anilines is 5. The minimum absolute atomic E-state index is 0.0229. The minimum Gasteiger partial charge on any atom is -0.460 e. The number of benzene rings is 2. The lowest BCUT2D eigenvalue weighted by Gasteiger charge is -2.36. The third kappa shape index (κ3) is 28.6. The van der Waals surface area contributed by atoms with Gasteiger partial charge in [0.15, 0.2) is 5.58 Å². The summed E-state index contributed by atoms with van der Waals surface area (Å²) in [6, 6.07) is 10.3. The van der Waals surface area contributed by atoms with E-state index < -0.39 is 54.0 Å². The lowest BCUT2D eigenvalue weighted by Crippen LogP contribution is -2.54. The number of aromatic nitrogens is 7. The number of nitrogens with zero attached hydrogens (tertiary/aromatic N) is 11. The number of hydrogen-bond donors (Lipinski definition) is 7. The van der Waals surface area contributed by atoms with Crippen molar-refractivity contribution in [3.63, 3.8) is 0 Å². The Morgan fingerprint density at radius 2 is 1.38 bits per heavy atom. The minimum atomic E-state index is -1.10. The predicted octanol–water partition coefficient (Wildman–Crippen LogP) is 9.85. The number of rotatable bonds is 30. The maximum absolute atomic E-state index is 14.5. The topological polar surface area (TPSA) is 459 Å². The van der Waals surface area contributed by atoms with Gasteiger partial charge in [-0.2, -0.15) is 4.98 Å². The number of hydrogen-bond acceptors (Lipinski definition) is 31. The molecule has 130 heavy (non-hydrogen) atoms. The summed E-state index contributed by atoms with van der Waals surface area (Å²) < 4.78 is 52.4. The number of ether oxygens (including phenoxy) is 8. The van der Waals surface area contributed by atoms with Gasteiger partial charge in [-0.25, -0.2) is 39.5 Å². The fraction of sp³-hybridized carbons (Fsp3) is 0.558. The molecule has 6 aliphatic rings. The maximum atomic E-state index is 14.5. The number of amides is 4. The largest absolute Gasteiger partial charge is 0.460 e. The van der Waals surface area contributed by atoms with Crippen molar-refractivity contribution >= 4 is 93.5 Å². The second kappa shape index (κ2) is 49.1. The average Bonchev–Trinajstić information content (AvgIpc) is 1.42. The van der Waals surface area contributed by atoms with E-state index in [2.05, 4.69) is 61.8 Å². The van der Waals surface area contributed by atoms with E-state index in [1.807, 2.05) is 73.1 Å². The molecule has 2 bridgehead atoms. The molecule has 0 radical (unpaired) electrons. The smallest absolute Gasteiger partial charge is 0.407 e. The highest BCUT2D eigenvalue weighted by Crippen LogP contribution is 2.35. The van der Waals surface area contributed by atoms with E-state index >= 15 is 0 Å². The van der Waals surface area contributed by atoms with Crippen molar-refractivity contribution in [3.8, 4) is 0 Å². The van der Waals surface area contributed by atoms with Crippen LogP contribution in [0.15, 0.2) is 120 Å². The van der Waals surface area contributed by atoms with Gasteiger partial charge in [0.05, 0.1) is 94.4 Å². The lowest BCUT2D eigenvalue weighted by atomic mass is 9.83. The number of carbonyl (C=O) groups is 8. The molecule has 4 fully saturated rings. The predicted molar refractivity (Wildman–Crippen MR) is 486 cm³/mol. The number of aliphatic hydroxyl groups excluding tert-OH is 1. The van der Waals surface area contributed by atoms with Crippen LogP contribution in [0, 0.1) is 29.1 Å². The van der Waals surface area contributed by atoms with E-state index in [-0.39, 0.29) is 136 Å².